The number of nitrogens with zero attached hydrogens (tertiary/aromatic N) is 2. The second-order valence-electron chi connectivity index (χ2n) is 4.46. The van der Waals surface area contributed by atoms with Crippen molar-refractivity contribution in [1.82, 2.24) is 4.98 Å². The van der Waals surface area contributed by atoms with E-state index >= 15 is 0 Å². The number of amides is 1. The molecule has 0 saturated carbocycles. The van der Waals surface area contributed by atoms with Gasteiger partial charge in [0, 0.05) is 11.8 Å². The Hall–Kier alpha value is -1.79. The third-order valence-electron chi connectivity index (χ3n) is 3.18. The molecule has 0 bridgehead atoms. The summed E-state index contributed by atoms with van der Waals surface area (Å²) in [7, 11) is 0. The van der Waals surface area contributed by atoms with E-state index in [9.17, 15) is 14.0 Å². The summed E-state index contributed by atoms with van der Waals surface area (Å²) in [6, 6.07) is 5.84. The lowest BCUT2D eigenvalue weighted by Crippen LogP contribution is -2.29. The van der Waals surface area contributed by atoms with Gasteiger partial charge in [-0.1, -0.05) is 17.7 Å². The van der Waals surface area contributed by atoms with E-state index in [2.05, 4.69) is 20.9 Å². The van der Waals surface area contributed by atoms with E-state index < -0.39 is 17.5 Å². The third-order valence-corrected chi connectivity index (χ3v) is 4.13. The molecule has 0 unspecified atom stereocenters. The van der Waals surface area contributed by atoms with Gasteiger partial charge in [0.2, 0.25) is 0 Å². The summed E-state index contributed by atoms with van der Waals surface area (Å²) in [4.78, 5) is 29.2. The Kier molecular flexibility index (Phi) is 3.51. The Balaban J connectivity index is 2.06. The molecule has 106 valence electrons. The van der Waals surface area contributed by atoms with Crippen LogP contribution in [0.25, 0.3) is 0 Å². The number of hydrogen-bond acceptors (Lipinski definition) is 3. The van der Waals surface area contributed by atoms with Crippen LogP contribution in [0, 0.1) is 5.82 Å². The number of carbonyl (C=O) groups is 2. The van der Waals surface area contributed by atoms with Gasteiger partial charge in [-0.05, 0) is 34.1 Å². The van der Waals surface area contributed by atoms with Crippen LogP contribution in [0.2, 0.25) is 5.15 Å². The van der Waals surface area contributed by atoms with Gasteiger partial charge in [0.25, 0.3) is 11.7 Å². The fourth-order valence-electron chi connectivity index (χ4n) is 2.15. The van der Waals surface area contributed by atoms with Crippen LogP contribution in [-0.4, -0.2) is 16.7 Å². The first kappa shape index (κ1) is 14.2. The quantitative estimate of drug-likeness (QED) is 0.602. The first-order chi connectivity index (χ1) is 9.99. The molecule has 4 nitrogen and oxygen atoms in total. The molecule has 0 atom stereocenters. The molecule has 7 heteroatoms. The summed E-state index contributed by atoms with van der Waals surface area (Å²) in [5, 5.41) is 0.240. The maximum Gasteiger partial charge on any atom is 0.299 e. The lowest BCUT2D eigenvalue weighted by atomic mass is 10.1. The lowest BCUT2D eigenvalue weighted by molar-refractivity contribution is -0.114. The Morgan fingerprint density at radius 2 is 2.10 bits per heavy atom. The normalized spacial score (nSPS) is 13.8. The standard InChI is InChI=1S/C14H7BrClFN2O2/c15-9-4-8-11(5-10(9)17)19(14(21)12(8)20)6-7-2-1-3-18-13(7)16/h1-5H,6H2. The number of halogens is 3. The van der Waals surface area contributed by atoms with Crippen LogP contribution >= 0.6 is 27.5 Å². The molecule has 1 amide bonds. The summed E-state index contributed by atoms with van der Waals surface area (Å²) in [5.41, 5.74) is 0.996. The Morgan fingerprint density at radius 1 is 1.33 bits per heavy atom. The van der Waals surface area contributed by atoms with Crippen molar-refractivity contribution in [2.45, 2.75) is 6.54 Å². The third kappa shape index (κ3) is 2.34. The van der Waals surface area contributed by atoms with E-state index in [-0.39, 0.29) is 27.4 Å². The fourth-order valence-corrected chi connectivity index (χ4v) is 2.68. The number of anilines is 1. The van der Waals surface area contributed by atoms with Crippen LogP contribution in [0.3, 0.4) is 0 Å². The highest BCUT2D eigenvalue weighted by atomic mass is 79.9. The van der Waals surface area contributed by atoms with Gasteiger partial charge in [0.1, 0.15) is 11.0 Å². The molecule has 0 spiro atoms. The number of fused-ring (bicyclic) bond motifs is 1. The van der Waals surface area contributed by atoms with Gasteiger partial charge in [0.15, 0.2) is 0 Å². The van der Waals surface area contributed by atoms with Gasteiger partial charge in [-0.15, -0.1) is 0 Å². The van der Waals surface area contributed by atoms with Crippen LogP contribution in [0.1, 0.15) is 15.9 Å². The van der Waals surface area contributed by atoms with Gasteiger partial charge < -0.3 is 4.90 Å². The molecule has 1 aliphatic heterocycles. The highest BCUT2D eigenvalue weighted by Crippen LogP contribution is 2.34. The molecule has 1 aromatic heterocycles. The number of rotatable bonds is 2. The number of pyridine rings is 1. The number of ketones is 1. The Morgan fingerprint density at radius 3 is 2.81 bits per heavy atom. The Bertz CT molecular complexity index is 782. The second kappa shape index (κ2) is 5.20. The SMILES string of the molecule is O=C1C(=O)N(Cc2cccnc2Cl)c2cc(F)c(Br)cc21. The molecular formula is C14H7BrClFN2O2. The molecule has 2 heterocycles. The van der Waals surface area contributed by atoms with Gasteiger partial charge in [-0.2, -0.15) is 0 Å². The summed E-state index contributed by atoms with van der Waals surface area (Å²) in [6.07, 6.45) is 1.52. The van der Waals surface area contributed by atoms with E-state index in [0.717, 1.165) is 6.07 Å². The number of aromatic nitrogens is 1. The maximum absolute atomic E-state index is 13.7. The van der Waals surface area contributed by atoms with Crippen molar-refractivity contribution in [1.29, 1.82) is 0 Å². The summed E-state index contributed by atoms with van der Waals surface area (Å²) < 4.78 is 13.8. The highest BCUT2D eigenvalue weighted by molar-refractivity contribution is 9.10. The first-order valence-corrected chi connectivity index (χ1v) is 7.11. The van der Waals surface area contributed by atoms with Crippen molar-refractivity contribution in [2.75, 3.05) is 4.90 Å². The molecule has 1 aliphatic rings. The molecule has 0 radical (unpaired) electrons. The van der Waals surface area contributed by atoms with Gasteiger partial charge >= 0.3 is 0 Å². The summed E-state index contributed by atoms with van der Waals surface area (Å²) in [5.74, 6) is -1.91. The van der Waals surface area contributed by atoms with E-state index in [1.807, 2.05) is 0 Å². The van der Waals surface area contributed by atoms with Crippen LogP contribution in [0.5, 0.6) is 0 Å². The van der Waals surface area contributed by atoms with Crippen molar-refractivity contribution in [3.8, 4) is 0 Å². The number of Topliss-reactive ketones (excluding diaryl/α,β-unsaturated/α-hetero) is 1. The molecule has 3 rings (SSSR count). The van der Waals surface area contributed by atoms with Crippen LogP contribution < -0.4 is 4.90 Å². The maximum atomic E-state index is 13.7. The highest BCUT2D eigenvalue weighted by Gasteiger charge is 2.37. The van der Waals surface area contributed by atoms with Gasteiger partial charge in [-0.3, -0.25) is 9.59 Å². The van der Waals surface area contributed by atoms with Crippen molar-refractivity contribution >= 4 is 44.9 Å². The number of carbonyl (C=O) groups excluding carboxylic acids is 2. The minimum absolute atomic E-state index is 0.0608. The second-order valence-corrected chi connectivity index (χ2v) is 5.67. The van der Waals surface area contributed by atoms with Crippen molar-refractivity contribution < 1.29 is 14.0 Å². The van der Waals surface area contributed by atoms with Crippen molar-refractivity contribution in [3.63, 3.8) is 0 Å². The number of benzene rings is 1. The zero-order valence-corrected chi connectivity index (χ0v) is 12.8. The monoisotopic (exact) mass is 368 g/mol. The van der Waals surface area contributed by atoms with Gasteiger partial charge in [0.05, 0.1) is 22.3 Å². The zero-order chi connectivity index (χ0) is 15.1. The van der Waals surface area contributed by atoms with Crippen LogP contribution in [0.4, 0.5) is 10.1 Å². The summed E-state index contributed by atoms with van der Waals surface area (Å²) in [6.45, 7) is 0.0608. The molecule has 1 aromatic carbocycles. The van der Waals surface area contributed by atoms with E-state index in [1.54, 1.807) is 12.1 Å². The van der Waals surface area contributed by atoms with Crippen LogP contribution in [0.15, 0.2) is 34.9 Å². The van der Waals surface area contributed by atoms with E-state index in [4.69, 9.17) is 11.6 Å². The average Bonchev–Trinajstić information content (AvgIpc) is 2.67. The van der Waals surface area contributed by atoms with Crippen LogP contribution in [-0.2, 0) is 11.3 Å². The average molecular weight is 370 g/mol. The lowest BCUT2D eigenvalue weighted by Gasteiger charge is -2.17. The molecule has 2 aromatic rings. The molecule has 0 N–H and O–H groups in total. The smallest absolute Gasteiger partial charge is 0.299 e. The van der Waals surface area contributed by atoms with Crippen molar-refractivity contribution in [3.05, 3.63) is 57.0 Å². The van der Waals surface area contributed by atoms with E-state index in [1.165, 1.54) is 17.2 Å². The Labute approximate surface area is 132 Å². The molecular weight excluding hydrogens is 363 g/mol. The summed E-state index contributed by atoms with van der Waals surface area (Å²) >= 11 is 8.96. The predicted octanol–water partition coefficient (Wildman–Crippen LogP) is 3.37. The number of hydrogen-bond donors (Lipinski definition) is 0. The molecule has 0 aliphatic carbocycles. The zero-order valence-electron chi connectivity index (χ0n) is 10.4. The molecule has 0 fully saturated rings. The molecule has 21 heavy (non-hydrogen) atoms. The first-order valence-electron chi connectivity index (χ1n) is 5.93. The molecule has 0 saturated heterocycles. The fraction of sp³-hybridized carbons (Fsp3) is 0.0714. The topological polar surface area (TPSA) is 50.3 Å². The van der Waals surface area contributed by atoms with E-state index in [0.29, 0.717) is 5.56 Å². The predicted molar refractivity (Wildman–Crippen MR) is 78.9 cm³/mol. The minimum Gasteiger partial charge on any atom is -0.300 e. The minimum atomic E-state index is -0.706. The van der Waals surface area contributed by atoms with Crippen molar-refractivity contribution in [2.24, 2.45) is 0 Å². The van der Waals surface area contributed by atoms with Gasteiger partial charge in [-0.25, -0.2) is 9.37 Å². The largest absolute Gasteiger partial charge is 0.300 e.